The van der Waals surface area contributed by atoms with Gasteiger partial charge in [-0.1, -0.05) is 41.6 Å². The Morgan fingerprint density at radius 2 is 1.69 bits per heavy atom. The molecule has 8 nitrogen and oxygen atoms in total. The van der Waals surface area contributed by atoms with Crippen LogP contribution in [0.2, 0.25) is 0 Å². The Balaban J connectivity index is 1.21. The summed E-state index contributed by atoms with van der Waals surface area (Å²) in [6, 6.07) is 18.9. The van der Waals surface area contributed by atoms with E-state index in [1.54, 1.807) is 6.07 Å². The van der Waals surface area contributed by atoms with Crippen LogP contribution in [-0.4, -0.2) is 41.7 Å². The summed E-state index contributed by atoms with van der Waals surface area (Å²) in [5, 5.41) is 10.9. The predicted molar refractivity (Wildman–Crippen MR) is 114 cm³/mol. The number of nitrogens with one attached hydrogen (secondary N) is 2. The molecule has 1 aromatic heterocycles. The summed E-state index contributed by atoms with van der Waals surface area (Å²) in [5.41, 5.74) is 0.521. The molecule has 1 heterocycles. The van der Waals surface area contributed by atoms with E-state index in [0.717, 1.165) is 10.8 Å². The second kappa shape index (κ2) is 9.69. The zero-order chi connectivity index (χ0) is 22.3. The van der Waals surface area contributed by atoms with Gasteiger partial charge in [0.05, 0.1) is 0 Å². The fourth-order valence-electron chi connectivity index (χ4n) is 3.00. The summed E-state index contributed by atoms with van der Waals surface area (Å²) in [6.45, 7) is 0.210. The van der Waals surface area contributed by atoms with Crippen LogP contribution in [0.3, 0.4) is 0 Å². The molecule has 162 valence electrons. The van der Waals surface area contributed by atoms with Crippen LogP contribution >= 0.6 is 0 Å². The van der Waals surface area contributed by atoms with Gasteiger partial charge in [0.2, 0.25) is 5.82 Å². The van der Waals surface area contributed by atoms with Crippen LogP contribution in [0.4, 0.5) is 4.39 Å². The van der Waals surface area contributed by atoms with Gasteiger partial charge in [0.15, 0.2) is 6.61 Å². The molecule has 0 bridgehead atoms. The lowest BCUT2D eigenvalue weighted by atomic mass is 10.1. The number of hydrogen-bond acceptors (Lipinski definition) is 6. The number of nitrogens with zero attached hydrogens (tertiary/aromatic N) is 2. The molecule has 0 radical (unpaired) electrons. The minimum atomic E-state index is -0.577. The number of rotatable bonds is 8. The minimum absolute atomic E-state index is 0.146. The largest absolute Gasteiger partial charge is 0.483 e. The molecule has 4 aromatic rings. The maximum atomic E-state index is 13.0. The number of benzene rings is 3. The van der Waals surface area contributed by atoms with Crippen molar-refractivity contribution < 1.29 is 23.2 Å². The Bertz CT molecular complexity index is 1230. The molecule has 32 heavy (non-hydrogen) atoms. The summed E-state index contributed by atoms with van der Waals surface area (Å²) in [6.07, 6.45) is 0. The number of carbonyl (C=O) groups excluding carboxylic acids is 2. The third kappa shape index (κ3) is 5.07. The molecule has 9 heteroatoms. The van der Waals surface area contributed by atoms with E-state index in [-0.39, 0.29) is 43.1 Å². The third-order valence-corrected chi connectivity index (χ3v) is 4.56. The number of carbonyl (C=O) groups is 2. The number of fused-ring (bicyclic) bond motifs is 1. The molecule has 0 saturated carbocycles. The summed E-state index contributed by atoms with van der Waals surface area (Å²) in [5.74, 6) is -0.709. The molecule has 0 aliphatic heterocycles. The van der Waals surface area contributed by atoms with Crippen molar-refractivity contribution >= 4 is 22.6 Å². The fourth-order valence-corrected chi connectivity index (χ4v) is 3.00. The maximum absolute atomic E-state index is 13.0. The van der Waals surface area contributed by atoms with Gasteiger partial charge in [0.1, 0.15) is 11.6 Å². The number of halogens is 1. The Kier molecular flexibility index (Phi) is 6.35. The highest BCUT2D eigenvalue weighted by atomic mass is 19.1. The van der Waals surface area contributed by atoms with Crippen molar-refractivity contribution in [2.75, 3.05) is 19.7 Å². The van der Waals surface area contributed by atoms with Gasteiger partial charge in [-0.05, 0) is 35.7 Å². The highest BCUT2D eigenvalue weighted by molar-refractivity contribution is 5.90. The minimum Gasteiger partial charge on any atom is -0.483 e. The van der Waals surface area contributed by atoms with Gasteiger partial charge in [-0.15, -0.1) is 0 Å². The van der Waals surface area contributed by atoms with Crippen molar-refractivity contribution in [2.24, 2.45) is 0 Å². The molecule has 2 N–H and O–H groups in total. The van der Waals surface area contributed by atoms with Crippen LogP contribution in [0.5, 0.6) is 5.75 Å². The summed E-state index contributed by atoms with van der Waals surface area (Å²) in [4.78, 5) is 28.1. The van der Waals surface area contributed by atoms with Crippen LogP contribution < -0.4 is 15.4 Å². The molecule has 0 aliphatic rings. The first-order valence-corrected chi connectivity index (χ1v) is 9.85. The first-order chi connectivity index (χ1) is 15.6. The van der Waals surface area contributed by atoms with Crippen LogP contribution in [0.15, 0.2) is 71.3 Å². The van der Waals surface area contributed by atoms with E-state index in [9.17, 15) is 14.0 Å². The lowest BCUT2D eigenvalue weighted by molar-refractivity contribution is -0.123. The average molecular weight is 434 g/mol. The number of hydrogen-bond donors (Lipinski definition) is 2. The van der Waals surface area contributed by atoms with E-state index in [0.29, 0.717) is 11.3 Å². The zero-order valence-corrected chi connectivity index (χ0v) is 16.9. The standard InChI is InChI=1S/C23H19FN4O4/c24-17-10-8-16(9-11-17)21-27-23(32-28-21)22(30)26-13-12-25-20(29)14-31-19-7-3-5-15-4-1-2-6-18(15)19/h1-11H,12-14H2,(H,25,29)(H,26,30). The molecule has 0 fully saturated rings. The molecule has 0 unspecified atom stereocenters. The van der Waals surface area contributed by atoms with E-state index < -0.39 is 5.91 Å². The summed E-state index contributed by atoms with van der Waals surface area (Å²) in [7, 11) is 0. The van der Waals surface area contributed by atoms with Crippen molar-refractivity contribution in [3.63, 3.8) is 0 Å². The Hall–Kier alpha value is -4.27. The predicted octanol–water partition coefficient (Wildman–Crippen LogP) is 2.95. The Morgan fingerprint density at radius 1 is 0.938 bits per heavy atom. The van der Waals surface area contributed by atoms with Crippen LogP contribution in [-0.2, 0) is 4.79 Å². The van der Waals surface area contributed by atoms with Crippen LogP contribution in [0, 0.1) is 5.82 Å². The first-order valence-electron chi connectivity index (χ1n) is 9.85. The molecular formula is C23H19FN4O4. The summed E-state index contributed by atoms with van der Waals surface area (Å²) >= 11 is 0. The maximum Gasteiger partial charge on any atom is 0.316 e. The smallest absolute Gasteiger partial charge is 0.316 e. The SMILES string of the molecule is O=C(COc1cccc2ccccc12)NCCNC(=O)c1nc(-c2ccc(F)cc2)no1. The van der Waals surface area contributed by atoms with Gasteiger partial charge < -0.3 is 19.9 Å². The van der Waals surface area contributed by atoms with Crippen molar-refractivity contribution in [3.05, 3.63) is 78.4 Å². The summed E-state index contributed by atoms with van der Waals surface area (Å²) < 4.78 is 23.6. The fraction of sp³-hybridized carbons (Fsp3) is 0.130. The molecular weight excluding hydrogens is 415 g/mol. The van der Waals surface area contributed by atoms with Crippen LogP contribution in [0.1, 0.15) is 10.7 Å². The zero-order valence-electron chi connectivity index (χ0n) is 16.9. The van der Waals surface area contributed by atoms with E-state index in [1.807, 2.05) is 36.4 Å². The van der Waals surface area contributed by atoms with Crippen LogP contribution in [0.25, 0.3) is 22.2 Å². The van der Waals surface area contributed by atoms with Gasteiger partial charge >= 0.3 is 11.8 Å². The van der Waals surface area contributed by atoms with Gasteiger partial charge in [0, 0.05) is 24.0 Å². The lowest BCUT2D eigenvalue weighted by Crippen LogP contribution is -2.36. The number of amides is 2. The molecule has 0 saturated heterocycles. The van der Waals surface area contributed by atoms with E-state index in [2.05, 4.69) is 20.8 Å². The van der Waals surface area contributed by atoms with Gasteiger partial charge in [-0.25, -0.2) is 4.39 Å². The second-order valence-corrected chi connectivity index (χ2v) is 6.80. The molecule has 4 rings (SSSR count). The van der Waals surface area contributed by atoms with E-state index >= 15 is 0 Å². The normalized spacial score (nSPS) is 10.7. The second-order valence-electron chi connectivity index (χ2n) is 6.80. The number of aromatic nitrogens is 2. The molecule has 0 aliphatic carbocycles. The molecule has 2 amide bonds. The van der Waals surface area contributed by atoms with E-state index in [1.165, 1.54) is 24.3 Å². The molecule has 3 aromatic carbocycles. The average Bonchev–Trinajstić information content (AvgIpc) is 3.31. The Labute approximate surface area is 182 Å². The highest BCUT2D eigenvalue weighted by Gasteiger charge is 2.16. The van der Waals surface area contributed by atoms with E-state index in [4.69, 9.17) is 9.26 Å². The topological polar surface area (TPSA) is 106 Å². The molecule has 0 spiro atoms. The van der Waals surface area contributed by atoms with Crippen molar-refractivity contribution in [1.29, 1.82) is 0 Å². The monoisotopic (exact) mass is 434 g/mol. The van der Waals surface area contributed by atoms with Gasteiger partial charge in [0.25, 0.3) is 5.91 Å². The quantitative estimate of drug-likeness (QED) is 0.413. The van der Waals surface area contributed by atoms with Gasteiger partial charge in [-0.3, -0.25) is 9.59 Å². The van der Waals surface area contributed by atoms with Crippen molar-refractivity contribution in [1.82, 2.24) is 20.8 Å². The van der Waals surface area contributed by atoms with Crippen molar-refractivity contribution in [3.8, 4) is 17.1 Å². The van der Waals surface area contributed by atoms with Crippen molar-refractivity contribution in [2.45, 2.75) is 0 Å². The number of ether oxygens (including phenoxy) is 1. The lowest BCUT2D eigenvalue weighted by Gasteiger charge is -2.10. The van der Waals surface area contributed by atoms with Gasteiger partial charge in [-0.2, -0.15) is 4.98 Å². The highest BCUT2D eigenvalue weighted by Crippen LogP contribution is 2.24. The first kappa shape index (κ1) is 21.0. The Morgan fingerprint density at radius 3 is 2.53 bits per heavy atom. The molecule has 0 atom stereocenters. The third-order valence-electron chi connectivity index (χ3n) is 4.56.